The Bertz CT molecular complexity index is 612. The van der Waals surface area contributed by atoms with Crippen LogP contribution in [0.3, 0.4) is 0 Å². The van der Waals surface area contributed by atoms with Gasteiger partial charge in [0.1, 0.15) is 6.54 Å². The second-order valence-electron chi connectivity index (χ2n) is 6.70. The Morgan fingerprint density at radius 3 is 2.58 bits per heavy atom. The highest BCUT2D eigenvalue weighted by molar-refractivity contribution is 5.84. The van der Waals surface area contributed by atoms with Crippen LogP contribution >= 0.6 is 0 Å². The van der Waals surface area contributed by atoms with Gasteiger partial charge in [0.25, 0.3) is 0 Å². The zero-order valence-corrected chi connectivity index (χ0v) is 14.4. The van der Waals surface area contributed by atoms with Gasteiger partial charge in [0, 0.05) is 24.3 Å². The third-order valence-corrected chi connectivity index (χ3v) is 4.80. The van der Waals surface area contributed by atoms with Gasteiger partial charge in [-0.15, -0.1) is 0 Å². The summed E-state index contributed by atoms with van der Waals surface area (Å²) in [5.41, 5.74) is 1.33. The second-order valence-corrected chi connectivity index (χ2v) is 6.70. The highest BCUT2D eigenvalue weighted by Gasteiger charge is 2.34. The molecule has 1 N–H and O–H groups in total. The summed E-state index contributed by atoms with van der Waals surface area (Å²) in [6.07, 6.45) is -4.21. The first-order valence-electron chi connectivity index (χ1n) is 8.08. The Hall–Kier alpha value is -1.57. The summed E-state index contributed by atoms with van der Waals surface area (Å²) in [7, 11) is 0. The lowest BCUT2D eigenvalue weighted by atomic mass is 9.93. The average Bonchev–Trinajstić information content (AvgIpc) is 2.73. The van der Waals surface area contributed by atoms with Gasteiger partial charge in [-0.05, 0) is 33.1 Å². The molecule has 2 heterocycles. The van der Waals surface area contributed by atoms with Crippen LogP contribution in [-0.2, 0) is 11.3 Å². The fraction of sp³-hybridized carbons (Fsp3) is 0.750. The predicted octanol–water partition coefficient (Wildman–Crippen LogP) is 2.40. The first kappa shape index (κ1) is 18.8. The van der Waals surface area contributed by atoms with Crippen molar-refractivity contribution in [1.29, 1.82) is 0 Å². The van der Waals surface area contributed by atoms with Crippen LogP contribution in [0.15, 0.2) is 0 Å². The fourth-order valence-electron chi connectivity index (χ4n) is 3.31. The van der Waals surface area contributed by atoms with Crippen LogP contribution in [0.25, 0.3) is 0 Å². The van der Waals surface area contributed by atoms with Gasteiger partial charge in [0.2, 0.25) is 5.91 Å². The molecule has 1 saturated heterocycles. The normalized spacial score (nSPS) is 23.4. The molecular formula is C16H24F3N3O2. The second kappa shape index (κ2) is 6.74. The molecule has 0 spiro atoms. The molecular weight excluding hydrogens is 323 g/mol. The number of piperidine rings is 1. The van der Waals surface area contributed by atoms with Crippen molar-refractivity contribution < 1.29 is 23.1 Å². The molecule has 1 aromatic heterocycles. The molecule has 0 aromatic carbocycles. The third-order valence-electron chi connectivity index (χ3n) is 4.80. The summed E-state index contributed by atoms with van der Waals surface area (Å²) in [5, 5.41) is 13.9. The Balaban J connectivity index is 2.20. The molecule has 0 bridgehead atoms. The molecule has 0 radical (unpaired) electrons. The van der Waals surface area contributed by atoms with Crippen molar-refractivity contribution >= 4 is 5.91 Å². The van der Waals surface area contributed by atoms with Gasteiger partial charge in [-0.2, -0.15) is 18.3 Å². The van der Waals surface area contributed by atoms with Crippen molar-refractivity contribution in [2.45, 2.75) is 58.9 Å². The molecule has 24 heavy (non-hydrogen) atoms. The Kier molecular flexibility index (Phi) is 5.27. The van der Waals surface area contributed by atoms with E-state index >= 15 is 0 Å². The lowest BCUT2D eigenvalue weighted by Crippen LogP contribution is -2.47. The van der Waals surface area contributed by atoms with E-state index in [4.69, 9.17) is 0 Å². The standard InChI is InChI=1S/C16H24F3N3O2/c1-9-5-6-21(7-13(9)23)15(24)10(2)14-11(3)20-22(12(14)4)8-16(17,18)19/h9-10,13,23H,5-8H2,1-4H3/t9-,10-,13+/m0/s1. The number of rotatable bonds is 3. The lowest BCUT2D eigenvalue weighted by molar-refractivity contribution is -0.143. The fourth-order valence-corrected chi connectivity index (χ4v) is 3.31. The van der Waals surface area contributed by atoms with E-state index in [0.717, 1.165) is 4.68 Å². The van der Waals surface area contributed by atoms with Crippen molar-refractivity contribution in [3.8, 4) is 0 Å². The van der Waals surface area contributed by atoms with Gasteiger partial charge >= 0.3 is 6.18 Å². The van der Waals surface area contributed by atoms with Gasteiger partial charge in [-0.3, -0.25) is 9.48 Å². The highest BCUT2D eigenvalue weighted by Crippen LogP contribution is 2.29. The summed E-state index contributed by atoms with van der Waals surface area (Å²) in [6, 6.07) is 0. The molecule has 1 fully saturated rings. The topological polar surface area (TPSA) is 58.4 Å². The molecule has 1 aromatic rings. The van der Waals surface area contributed by atoms with Gasteiger partial charge in [0.15, 0.2) is 0 Å². The Morgan fingerprint density at radius 1 is 1.42 bits per heavy atom. The maximum absolute atomic E-state index is 12.7. The molecule has 0 aliphatic carbocycles. The number of alkyl halides is 3. The minimum Gasteiger partial charge on any atom is -0.391 e. The molecule has 136 valence electrons. The summed E-state index contributed by atoms with van der Waals surface area (Å²) in [5.74, 6) is -0.631. The van der Waals surface area contributed by atoms with Crippen LogP contribution in [0, 0.1) is 19.8 Å². The summed E-state index contributed by atoms with van der Waals surface area (Å²) >= 11 is 0. The third kappa shape index (κ3) is 3.91. The van der Waals surface area contributed by atoms with E-state index in [1.165, 1.54) is 0 Å². The van der Waals surface area contributed by atoms with Crippen molar-refractivity contribution in [3.05, 3.63) is 17.0 Å². The van der Waals surface area contributed by atoms with Gasteiger partial charge < -0.3 is 10.0 Å². The maximum atomic E-state index is 12.7. The van der Waals surface area contributed by atoms with E-state index in [-0.39, 0.29) is 18.4 Å². The molecule has 1 aliphatic rings. The van der Waals surface area contributed by atoms with E-state index in [2.05, 4.69) is 5.10 Å². The van der Waals surface area contributed by atoms with Gasteiger partial charge in [-0.25, -0.2) is 0 Å². The molecule has 5 nitrogen and oxygen atoms in total. The SMILES string of the molecule is Cc1nn(CC(F)(F)F)c(C)c1[C@H](C)C(=O)N1CC[C@H](C)[C@H](O)C1. The number of halogens is 3. The lowest BCUT2D eigenvalue weighted by Gasteiger charge is -2.35. The number of amides is 1. The number of carbonyl (C=O) groups is 1. The number of hydrogen-bond acceptors (Lipinski definition) is 3. The van der Waals surface area contributed by atoms with E-state index in [0.29, 0.717) is 29.9 Å². The predicted molar refractivity (Wildman–Crippen MR) is 82.5 cm³/mol. The van der Waals surface area contributed by atoms with E-state index in [1.807, 2.05) is 6.92 Å². The minimum atomic E-state index is -4.36. The number of aromatic nitrogens is 2. The minimum absolute atomic E-state index is 0.141. The van der Waals surface area contributed by atoms with Crippen LogP contribution in [0.5, 0.6) is 0 Å². The first-order valence-corrected chi connectivity index (χ1v) is 8.08. The molecule has 1 aliphatic heterocycles. The van der Waals surface area contributed by atoms with Crippen molar-refractivity contribution in [1.82, 2.24) is 14.7 Å². The van der Waals surface area contributed by atoms with Crippen LogP contribution < -0.4 is 0 Å². The van der Waals surface area contributed by atoms with Crippen molar-refractivity contribution in [2.24, 2.45) is 5.92 Å². The Morgan fingerprint density at radius 2 is 2.04 bits per heavy atom. The average molecular weight is 347 g/mol. The summed E-state index contributed by atoms with van der Waals surface area (Å²) in [4.78, 5) is 14.3. The van der Waals surface area contributed by atoms with Crippen LogP contribution in [0.4, 0.5) is 13.2 Å². The smallest absolute Gasteiger partial charge is 0.391 e. The van der Waals surface area contributed by atoms with E-state index in [9.17, 15) is 23.1 Å². The molecule has 8 heteroatoms. The quantitative estimate of drug-likeness (QED) is 0.913. The number of aliphatic hydroxyl groups is 1. The number of nitrogens with zero attached hydrogens (tertiary/aromatic N) is 3. The molecule has 1 amide bonds. The molecule has 0 saturated carbocycles. The zero-order chi connectivity index (χ0) is 18.2. The van der Waals surface area contributed by atoms with Crippen LogP contribution in [0.1, 0.15) is 43.1 Å². The summed E-state index contributed by atoms with van der Waals surface area (Å²) in [6.45, 7) is 6.44. The van der Waals surface area contributed by atoms with Gasteiger partial charge in [-0.1, -0.05) is 6.92 Å². The van der Waals surface area contributed by atoms with Crippen molar-refractivity contribution in [3.63, 3.8) is 0 Å². The van der Waals surface area contributed by atoms with Crippen LogP contribution in [0.2, 0.25) is 0 Å². The summed E-state index contributed by atoms with van der Waals surface area (Å²) < 4.78 is 38.8. The van der Waals surface area contributed by atoms with Crippen molar-refractivity contribution in [2.75, 3.05) is 13.1 Å². The van der Waals surface area contributed by atoms with Crippen LogP contribution in [-0.4, -0.2) is 51.1 Å². The Labute approximate surface area is 139 Å². The number of carbonyl (C=O) groups excluding carboxylic acids is 1. The molecule has 2 rings (SSSR count). The zero-order valence-electron chi connectivity index (χ0n) is 14.4. The maximum Gasteiger partial charge on any atom is 0.408 e. The molecule has 0 unspecified atom stereocenters. The first-order chi connectivity index (χ1) is 11.0. The highest BCUT2D eigenvalue weighted by atomic mass is 19.4. The number of aliphatic hydroxyl groups excluding tert-OH is 1. The number of aryl methyl sites for hydroxylation is 1. The number of likely N-dealkylation sites (tertiary alicyclic amines) is 1. The van der Waals surface area contributed by atoms with Gasteiger partial charge in [0.05, 0.1) is 17.7 Å². The molecule has 3 atom stereocenters. The number of β-amino-alcohol motifs (C(OH)–C–C–N with tert-alkyl or cyclic N) is 1. The largest absolute Gasteiger partial charge is 0.408 e. The monoisotopic (exact) mass is 347 g/mol. The van der Waals surface area contributed by atoms with E-state index in [1.54, 1.807) is 25.7 Å². The van der Waals surface area contributed by atoms with E-state index < -0.39 is 24.7 Å². The number of hydrogen-bond donors (Lipinski definition) is 1.